The van der Waals surface area contributed by atoms with Gasteiger partial charge >= 0.3 is 0 Å². The van der Waals surface area contributed by atoms with Gasteiger partial charge in [-0.15, -0.1) is 0 Å². The van der Waals surface area contributed by atoms with Gasteiger partial charge in [0.25, 0.3) is 0 Å². The molecule has 0 bridgehead atoms. The van der Waals surface area contributed by atoms with E-state index in [0.717, 1.165) is 83.1 Å². The van der Waals surface area contributed by atoms with Crippen molar-refractivity contribution in [3.8, 4) is 78.7 Å². The van der Waals surface area contributed by atoms with Gasteiger partial charge in [0.1, 0.15) is 11.2 Å². The summed E-state index contributed by atoms with van der Waals surface area (Å²) in [5.74, 6) is 1.75. The number of nitrogens with zero attached hydrogens (tertiary/aromatic N) is 3. The summed E-state index contributed by atoms with van der Waals surface area (Å²) < 4.78 is 6.55. The number of aromatic nitrogens is 3. The van der Waals surface area contributed by atoms with Crippen molar-refractivity contribution in [1.82, 2.24) is 15.0 Å². The minimum Gasteiger partial charge on any atom is -0.456 e. The number of rotatable bonds is 7. The Balaban J connectivity index is 1.14. The number of para-hydroxylation sites is 1. The highest BCUT2D eigenvalue weighted by Gasteiger charge is 2.20. The molecule has 0 radical (unpaired) electrons. The fourth-order valence-electron chi connectivity index (χ4n) is 8.11. The van der Waals surface area contributed by atoms with Gasteiger partial charge in [-0.25, -0.2) is 15.0 Å². The lowest BCUT2D eigenvalue weighted by atomic mass is 9.95. The van der Waals surface area contributed by atoms with Crippen molar-refractivity contribution in [2.24, 2.45) is 0 Å². The van der Waals surface area contributed by atoms with Crippen LogP contribution in [0.2, 0.25) is 0 Å². The number of furan rings is 1. The van der Waals surface area contributed by atoms with Crippen LogP contribution in [-0.4, -0.2) is 15.0 Å². The van der Waals surface area contributed by atoms with Crippen LogP contribution < -0.4 is 0 Å². The summed E-state index contributed by atoms with van der Waals surface area (Å²) in [6.45, 7) is 0. The predicted molar refractivity (Wildman–Crippen MR) is 243 cm³/mol. The van der Waals surface area contributed by atoms with Gasteiger partial charge in [0.05, 0.1) is 0 Å². The third kappa shape index (κ3) is 6.53. The second kappa shape index (κ2) is 14.5. The predicted octanol–water partition coefficient (Wildman–Crippen LogP) is 14.6. The molecule has 0 spiro atoms. The lowest BCUT2D eigenvalue weighted by Crippen LogP contribution is -2.01. The molecule has 4 heteroatoms. The van der Waals surface area contributed by atoms with E-state index in [1.54, 1.807) is 0 Å². The average Bonchev–Trinajstić information content (AvgIpc) is 3.70. The van der Waals surface area contributed by atoms with Crippen molar-refractivity contribution >= 4 is 32.7 Å². The second-order valence-corrected chi connectivity index (χ2v) is 14.8. The van der Waals surface area contributed by atoms with Gasteiger partial charge in [0.2, 0.25) is 0 Å². The third-order valence-electron chi connectivity index (χ3n) is 11.1. The third-order valence-corrected chi connectivity index (χ3v) is 11.1. The van der Waals surface area contributed by atoms with Crippen molar-refractivity contribution in [3.05, 3.63) is 212 Å². The lowest BCUT2D eigenvalue weighted by Gasteiger charge is -2.13. The molecule has 0 amide bonds. The van der Waals surface area contributed by atoms with Gasteiger partial charge in [-0.05, 0) is 97.7 Å². The van der Waals surface area contributed by atoms with E-state index in [1.165, 1.54) is 10.8 Å². The lowest BCUT2D eigenvalue weighted by molar-refractivity contribution is 0.669. The molecule has 0 N–H and O–H groups in total. The van der Waals surface area contributed by atoms with Crippen LogP contribution in [0.1, 0.15) is 0 Å². The van der Waals surface area contributed by atoms with Crippen LogP contribution in [0.5, 0.6) is 0 Å². The van der Waals surface area contributed by atoms with Crippen LogP contribution in [0.15, 0.2) is 217 Å². The zero-order valence-electron chi connectivity index (χ0n) is 32.0. The first kappa shape index (κ1) is 34.3. The SMILES string of the molecule is c1ccc(-c2cc(-c3ccccc3)cc(-c3nc(-c4ccc(-c5ccc6ccccc6c5)cc4)nc(-c4cc(-c5ccccc5)cc5oc6ccccc6c45)n3)c2)cc1. The quantitative estimate of drug-likeness (QED) is 0.163. The van der Waals surface area contributed by atoms with Crippen LogP contribution in [0.4, 0.5) is 0 Å². The Hall–Kier alpha value is -7.95. The summed E-state index contributed by atoms with van der Waals surface area (Å²) >= 11 is 0. The molecular weight excluding hydrogens is 719 g/mol. The van der Waals surface area contributed by atoms with E-state index in [2.05, 4.69) is 176 Å². The van der Waals surface area contributed by atoms with Gasteiger partial charge in [-0.1, -0.05) is 170 Å². The molecule has 2 heterocycles. The summed E-state index contributed by atoms with van der Waals surface area (Å²) in [4.78, 5) is 16.0. The molecule has 4 nitrogen and oxygen atoms in total. The number of benzene rings is 9. The number of hydrogen-bond donors (Lipinski definition) is 0. The second-order valence-electron chi connectivity index (χ2n) is 14.8. The maximum Gasteiger partial charge on any atom is 0.164 e. The van der Waals surface area contributed by atoms with E-state index < -0.39 is 0 Å². The summed E-state index contributed by atoms with van der Waals surface area (Å²) in [7, 11) is 0. The summed E-state index contributed by atoms with van der Waals surface area (Å²) in [5, 5.41) is 4.42. The van der Waals surface area contributed by atoms with E-state index >= 15 is 0 Å². The van der Waals surface area contributed by atoms with Crippen molar-refractivity contribution < 1.29 is 4.42 Å². The monoisotopic (exact) mass is 753 g/mol. The average molecular weight is 754 g/mol. The maximum absolute atomic E-state index is 6.55. The Bertz CT molecular complexity index is 3240. The first-order chi connectivity index (χ1) is 29.2. The van der Waals surface area contributed by atoms with Gasteiger partial charge in [-0.2, -0.15) is 0 Å². The van der Waals surface area contributed by atoms with Crippen molar-refractivity contribution in [3.63, 3.8) is 0 Å². The topological polar surface area (TPSA) is 51.8 Å². The molecule has 11 aromatic rings. The van der Waals surface area contributed by atoms with Crippen LogP contribution in [-0.2, 0) is 0 Å². The molecule has 0 saturated carbocycles. The highest BCUT2D eigenvalue weighted by atomic mass is 16.3. The van der Waals surface area contributed by atoms with Crippen LogP contribution in [0.25, 0.3) is 111 Å². The number of fused-ring (bicyclic) bond motifs is 4. The molecule has 0 aliphatic carbocycles. The van der Waals surface area contributed by atoms with Gasteiger partial charge in [0.15, 0.2) is 17.5 Å². The molecule has 9 aromatic carbocycles. The van der Waals surface area contributed by atoms with Crippen LogP contribution in [0, 0.1) is 0 Å². The van der Waals surface area contributed by atoms with Crippen molar-refractivity contribution in [2.45, 2.75) is 0 Å². The molecule has 11 rings (SSSR count). The Morgan fingerprint density at radius 1 is 0.271 bits per heavy atom. The first-order valence-electron chi connectivity index (χ1n) is 19.8. The Morgan fingerprint density at radius 3 is 1.41 bits per heavy atom. The summed E-state index contributed by atoms with van der Waals surface area (Å²) in [6, 6.07) is 74.1. The van der Waals surface area contributed by atoms with Crippen molar-refractivity contribution in [2.75, 3.05) is 0 Å². The molecule has 59 heavy (non-hydrogen) atoms. The molecule has 0 aliphatic heterocycles. The Labute approximate surface area is 341 Å². The fraction of sp³-hybridized carbons (Fsp3) is 0. The molecule has 276 valence electrons. The molecule has 0 atom stereocenters. The Morgan fingerprint density at radius 2 is 0.746 bits per heavy atom. The molecular formula is C55H35N3O. The van der Waals surface area contributed by atoms with Crippen LogP contribution >= 0.6 is 0 Å². The summed E-state index contributed by atoms with van der Waals surface area (Å²) in [5.41, 5.74) is 13.1. The minimum atomic E-state index is 0.573. The minimum absolute atomic E-state index is 0.573. The van der Waals surface area contributed by atoms with Gasteiger partial charge < -0.3 is 4.42 Å². The van der Waals surface area contributed by atoms with E-state index in [1.807, 2.05) is 36.4 Å². The normalized spacial score (nSPS) is 11.4. The van der Waals surface area contributed by atoms with E-state index in [0.29, 0.717) is 17.5 Å². The Kier molecular flexibility index (Phi) is 8.45. The summed E-state index contributed by atoms with van der Waals surface area (Å²) in [6.07, 6.45) is 0. The van der Waals surface area contributed by atoms with E-state index in [4.69, 9.17) is 19.4 Å². The van der Waals surface area contributed by atoms with E-state index in [-0.39, 0.29) is 0 Å². The zero-order chi connectivity index (χ0) is 39.1. The standard InChI is InChI=1S/C55H35N3O/c1-4-14-36(15-5-1)44-31-45(37-16-6-2-7-17-37)33-47(32-44)54-56-53(41-27-24-40(25-28-41)43-29-26-39-20-10-11-21-42(39)30-43)57-55(58-54)49-34-46(38-18-8-3-9-19-38)35-51-52(49)48-22-12-13-23-50(48)59-51/h1-35H. The molecule has 2 aromatic heterocycles. The first-order valence-corrected chi connectivity index (χ1v) is 19.8. The maximum atomic E-state index is 6.55. The molecule has 0 fully saturated rings. The van der Waals surface area contributed by atoms with Crippen molar-refractivity contribution in [1.29, 1.82) is 0 Å². The van der Waals surface area contributed by atoms with Crippen LogP contribution in [0.3, 0.4) is 0 Å². The molecule has 0 aliphatic rings. The highest BCUT2D eigenvalue weighted by molar-refractivity contribution is 6.13. The molecule has 0 unspecified atom stereocenters. The zero-order valence-corrected chi connectivity index (χ0v) is 32.0. The highest BCUT2D eigenvalue weighted by Crippen LogP contribution is 2.41. The van der Waals surface area contributed by atoms with Gasteiger partial charge in [-0.3, -0.25) is 0 Å². The molecule has 0 saturated heterocycles. The largest absolute Gasteiger partial charge is 0.456 e. The van der Waals surface area contributed by atoms with E-state index in [9.17, 15) is 0 Å². The van der Waals surface area contributed by atoms with Gasteiger partial charge in [0, 0.05) is 27.5 Å². The fourth-order valence-corrected chi connectivity index (χ4v) is 8.11. The smallest absolute Gasteiger partial charge is 0.164 e. The number of hydrogen-bond acceptors (Lipinski definition) is 4.